The highest BCUT2D eigenvalue weighted by Gasteiger charge is 2.32. The van der Waals surface area contributed by atoms with Crippen LogP contribution in [-0.2, 0) is 29.0 Å². The molecular weight excluding hydrogens is 492 g/mol. The third kappa shape index (κ3) is 8.77. The molecule has 39 heavy (non-hydrogen) atoms. The number of carbonyl (C=O) groups excluding carboxylic acids is 2. The number of rotatable bonds is 12. The first-order valence-electron chi connectivity index (χ1n) is 13.1. The number of benzene rings is 3. The Hall–Kier alpha value is -4.00. The second-order valence-corrected chi connectivity index (χ2v) is 10.5. The Morgan fingerprint density at radius 2 is 1.49 bits per heavy atom. The van der Waals surface area contributed by atoms with Gasteiger partial charge in [0.2, 0.25) is 11.8 Å². The van der Waals surface area contributed by atoms with Gasteiger partial charge in [0.15, 0.2) is 11.5 Å². The summed E-state index contributed by atoms with van der Waals surface area (Å²) in [5, 5.41) is 3.10. The van der Waals surface area contributed by atoms with Crippen molar-refractivity contribution in [3.8, 4) is 17.2 Å². The van der Waals surface area contributed by atoms with Crippen molar-refractivity contribution in [1.29, 1.82) is 0 Å². The molecule has 0 saturated heterocycles. The van der Waals surface area contributed by atoms with Crippen LogP contribution in [-0.4, -0.2) is 49.6 Å². The summed E-state index contributed by atoms with van der Waals surface area (Å²) < 4.78 is 16.2. The summed E-state index contributed by atoms with van der Waals surface area (Å²) >= 11 is 0. The predicted octanol–water partition coefficient (Wildman–Crippen LogP) is 5.20. The van der Waals surface area contributed by atoms with E-state index in [1.807, 2.05) is 93.6 Å². The first-order chi connectivity index (χ1) is 18.6. The molecule has 0 radical (unpaired) electrons. The van der Waals surface area contributed by atoms with Crippen molar-refractivity contribution in [3.05, 3.63) is 89.5 Å². The lowest BCUT2D eigenvalue weighted by Crippen LogP contribution is -2.54. The molecule has 1 atom stereocenters. The molecule has 0 bridgehead atoms. The van der Waals surface area contributed by atoms with Crippen LogP contribution in [0.4, 0.5) is 0 Å². The lowest BCUT2D eigenvalue weighted by Gasteiger charge is -2.34. The Morgan fingerprint density at radius 1 is 0.795 bits per heavy atom. The van der Waals surface area contributed by atoms with Crippen LogP contribution in [0.25, 0.3) is 0 Å². The molecule has 7 nitrogen and oxygen atoms in total. The number of amides is 2. The molecule has 0 heterocycles. The molecule has 0 aliphatic rings. The maximum absolute atomic E-state index is 13.9. The van der Waals surface area contributed by atoms with Crippen molar-refractivity contribution in [2.24, 2.45) is 0 Å². The fourth-order valence-corrected chi connectivity index (χ4v) is 4.41. The number of hydrogen-bond acceptors (Lipinski definition) is 5. The Labute approximate surface area is 232 Å². The van der Waals surface area contributed by atoms with Gasteiger partial charge in [-0.1, -0.05) is 48.5 Å². The van der Waals surface area contributed by atoms with Crippen LogP contribution in [0.15, 0.2) is 72.8 Å². The Kier molecular flexibility index (Phi) is 10.4. The quantitative estimate of drug-likeness (QED) is 0.347. The third-order valence-corrected chi connectivity index (χ3v) is 6.33. The van der Waals surface area contributed by atoms with Gasteiger partial charge in [-0.15, -0.1) is 0 Å². The largest absolute Gasteiger partial charge is 0.497 e. The highest BCUT2D eigenvalue weighted by Crippen LogP contribution is 2.28. The SMILES string of the molecule is COc1cccc(CN(C(=O)CCc2ccc(OC)c(OC)c2)[C@@H](Cc2ccccc2)C(=O)NC(C)(C)C)c1. The second kappa shape index (κ2) is 13.7. The Balaban J connectivity index is 1.94. The van der Waals surface area contributed by atoms with E-state index in [0.717, 1.165) is 16.7 Å². The molecule has 0 saturated carbocycles. The summed E-state index contributed by atoms with van der Waals surface area (Å²) in [5.41, 5.74) is 2.36. The van der Waals surface area contributed by atoms with Crippen LogP contribution in [0.2, 0.25) is 0 Å². The molecular formula is C32H40N2O5. The van der Waals surface area contributed by atoms with Gasteiger partial charge in [-0.05, 0) is 68.1 Å². The summed E-state index contributed by atoms with van der Waals surface area (Å²) in [6.45, 7) is 6.10. The summed E-state index contributed by atoms with van der Waals surface area (Å²) in [6.07, 6.45) is 1.12. The van der Waals surface area contributed by atoms with Gasteiger partial charge in [-0.2, -0.15) is 0 Å². The van der Waals surface area contributed by atoms with Crippen molar-refractivity contribution in [1.82, 2.24) is 10.2 Å². The molecule has 0 aromatic heterocycles. The zero-order valence-corrected chi connectivity index (χ0v) is 23.8. The molecule has 0 aliphatic carbocycles. The monoisotopic (exact) mass is 532 g/mol. The van der Waals surface area contributed by atoms with E-state index >= 15 is 0 Å². The fourth-order valence-electron chi connectivity index (χ4n) is 4.41. The highest BCUT2D eigenvalue weighted by atomic mass is 16.5. The van der Waals surface area contributed by atoms with E-state index in [9.17, 15) is 9.59 Å². The Morgan fingerprint density at radius 3 is 2.13 bits per heavy atom. The minimum Gasteiger partial charge on any atom is -0.497 e. The molecule has 0 fully saturated rings. The van der Waals surface area contributed by atoms with E-state index in [4.69, 9.17) is 14.2 Å². The lowest BCUT2D eigenvalue weighted by molar-refractivity contribution is -0.141. The number of ether oxygens (including phenoxy) is 3. The van der Waals surface area contributed by atoms with E-state index in [0.29, 0.717) is 30.1 Å². The molecule has 208 valence electrons. The van der Waals surface area contributed by atoms with Crippen molar-refractivity contribution < 1.29 is 23.8 Å². The average Bonchev–Trinajstić information content (AvgIpc) is 2.93. The van der Waals surface area contributed by atoms with Gasteiger partial charge >= 0.3 is 0 Å². The predicted molar refractivity (Wildman–Crippen MR) is 153 cm³/mol. The van der Waals surface area contributed by atoms with Gasteiger partial charge in [0, 0.05) is 24.9 Å². The van der Waals surface area contributed by atoms with E-state index in [1.165, 1.54) is 0 Å². The van der Waals surface area contributed by atoms with Gasteiger partial charge in [0.25, 0.3) is 0 Å². The van der Waals surface area contributed by atoms with Crippen LogP contribution in [0, 0.1) is 0 Å². The van der Waals surface area contributed by atoms with Gasteiger partial charge in [0.1, 0.15) is 11.8 Å². The summed E-state index contributed by atoms with van der Waals surface area (Å²) in [4.78, 5) is 29.3. The average molecular weight is 533 g/mol. The number of aryl methyl sites for hydroxylation is 1. The van der Waals surface area contributed by atoms with E-state index in [2.05, 4.69) is 5.32 Å². The number of methoxy groups -OCH3 is 3. The van der Waals surface area contributed by atoms with E-state index < -0.39 is 11.6 Å². The molecule has 3 aromatic rings. The van der Waals surface area contributed by atoms with Crippen LogP contribution in [0.5, 0.6) is 17.2 Å². The first kappa shape index (κ1) is 29.6. The maximum Gasteiger partial charge on any atom is 0.243 e. The summed E-state index contributed by atoms with van der Waals surface area (Å²) in [6, 6.07) is 22.3. The van der Waals surface area contributed by atoms with Crippen LogP contribution in [0.1, 0.15) is 43.9 Å². The molecule has 1 N–H and O–H groups in total. The molecule has 0 unspecified atom stereocenters. The molecule has 2 amide bonds. The maximum atomic E-state index is 13.9. The molecule has 0 aliphatic heterocycles. The normalized spacial score (nSPS) is 11.8. The minimum atomic E-state index is -0.698. The standard InChI is InChI=1S/C32H40N2O5/c1-32(2,3)33-31(36)27(20-23-11-8-7-9-12-23)34(22-25-13-10-14-26(19-25)37-4)30(35)18-16-24-15-17-28(38-5)29(21-24)39-6/h7-15,17,19,21,27H,16,18,20,22H2,1-6H3,(H,33,36)/t27-/m0/s1. The van der Waals surface area contributed by atoms with Crippen molar-refractivity contribution in [2.45, 2.75) is 58.2 Å². The van der Waals surface area contributed by atoms with Gasteiger partial charge in [-0.3, -0.25) is 9.59 Å². The smallest absolute Gasteiger partial charge is 0.243 e. The number of nitrogens with zero attached hydrogens (tertiary/aromatic N) is 1. The molecule has 3 rings (SSSR count). The number of hydrogen-bond donors (Lipinski definition) is 1. The molecule has 3 aromatic carbocycles. The van der Waals surface area contributed by atoms with E-state index in [-0.39, 0.29) is 24.8 Å². The van der Waals surface area contributed by atoms with Crippen LogP contribution in [0.3, 0.4) is 0 Å². The number of nitrogens with one attached hydrogen (secondary N) is 1. The van der Waals surface area contributed by atoms with E-state index in [1.54, 1.807) is 26.2 Å². The van der Waals surface area contributed by atoms with Crippen molar-refractivity contribution in [3.63, 3.8) is 0 Å². The second-order valence-electron chi connectivity index (χ2n) is 10.5. The van der Waals surface area contributed by atoms with Crippen LogP contribution < -0.4 is 19.5 Å². The third-order valence-electron chi connectivity index (χ3n) is 6.33. The minimum absolute atomic E-state index is 0.113. The van der Waals surface area contributed by atoms with Crippen LogP contribution >= 0.6 is 0 Å². The van der Waals surface area contributed by atoms with Gasteiger partial charge in [0.05, 0.1) is 21.3 Å². The zero-order chi connectivity index (χ0) is 28.4. The zero-order valence-electron chi connectivity index (χ0n) is 23.8. The highest BCUT2D eigenvalue weighted by molar-refractivity contribution is 5.88. The fraction of sp³-hybridized carbons (Fsp3) is 0.375. The first-order valence-corrected chi connectivity index (χ1v) is 13.1. The molecule has 7 heteroatoms. The summed E-state index contributed by atoms with van der Waals surface area (Å²) in [7, 11) is 4.79. The lowest BCUT2D eigenvalue weighted by atomic mass is 9.99. The number of carbonyl (C=O) groups is 2. The Bertz CT molecular complexity index is 1240. The van der Waals surface area contributed by atoms with Crippen molar-refractivity contribution in [2.75, 3.05) is 21.3 Å². The summed E-state index contributed by atoms with van der Waals surface area (Å²) in [5.74, 6) is 1.64. The molecule has 0 spiro atoms. The van der Waals surface area contributed by atoms with Gasteiger partial charge < -0.3 is 24.4 Å². The topological polar surface area (TPSA) is 77.1 Å². The van der Waals surface area contributed by atoms with Crippen molar-refractivity contribution >= 4 is 11.8 Å². The van der Waals surface area contributed by atoms with Gasteiger partial charge in [-0.25, -0.2) is 0 Å².